The molecule has 0 fully saturated rings. The molecule has 0 aliphatic heterocycles. The predicted octanol–water partition coefficient (Wildman–Crippen LogP) is 4.27. The second-order valence-corrected chi connectivity index (χ2v) is 7.09. The highest BCUT2D eigenvalue weighted by Crippen LogP contribution is 2.28. The largest absolute Gasteiger partial charge is 0.462 e. The highest BCUT2D eigenvalue weighted by molar-refractivity contribution is 8.00. The number of nitrogens with one attached hydrogen (secondary N) is 1. The molecule has 0 atom stereocenters. The van der Waals surface area contributed by atoms with Gasteiger partial charge in [-0.3, -0.25) is 4.79 Å². The fourth-order valence-corrected chi connectivity index (χ4v) is 3.58. The molecule has 1 aromatic heterocycles. The number of thioether (sulfide) groups is 1. The topological polar surface area (TPSA) is 55.4 Å². The third-order valence-electron chi connectivity index (χ3n) is 3.03. The molecule has 0 bridgehead atoms. The van der Waals surface area contributed by atoms with Gasteiger partial charge in [-0.2, -0.15) is 0 Å². The summed E-state index contributed by atoms with van der Waals surface area (Å²) in [4.78, 5) is 25.4. The predicted molar refractivity (Wildman–Crippen MR) is 95.5 cm³/mol. The van der Waals surface area contributed by atoms with Crippen molar-refractivity contribution >= 4 is 40.0 Å². The van der Waals surface area contributed by atoms with Crippen LogP contribution in [0.3, 0.4) is 0 Å². The summed E-state index contributed by atoms with van der Waals surface area (Å²) < 4.78 is 5.00. The molecule has 2 aromatic rings. The SMILES string of the molecule is CCOC(=O)c1sc(NC(=O)CSc2ccc(C)cc2)cc1C. The zero-order chi connectivity index (χ0) is 16.8. The van der Waals surface area contributed by atoms with Crippen LogP contribution in [-0.2, 0) is 9.53 Å². The van der Waals surface area contributed by atoms with Crippen molar-refractivity contribution in [2.24, 2.45) is 0 Å². The fraction of sp³-hybridized carbons (Fsp3) is 0.294. The highest BCUT2D eigenvalue weighted by atomic mass is 32.2. The molecule has 0 aliphatic rings. The van der Waals surface area contributed by atoms with E-state index in [0.29, 0.717) is 22.2 Å². The van der Waals surface area contributed by atoms with E-state index in [1.54, 1.807) is 13.0 Å². The Morgan fingerprint density at radius 2 is 1.91 bits per heavy atom. The Bertz CT molecular complexity index is 692. The molecule has 0 unspecified atom stereocenters. The van der Waals surface area contributed by atoms with Gasteiger partial charge in [0.25, 0.3) is 0 Å². The Labute approximate surface area is 144 Å². The van der Waals surface area contributed by atoms with Crippen LogP contribution in [-0.4, -0.2) is 24.2 Å². The van der Waals surface area contributed by atoms with Crippen LogP contribution in [0, 0.1) is 13.8 Å². The molecule has 0 radical (unpaired) electrons. The first kappa shape index (κ1) is 17.6. The van der Waals surface area contributed by atoms with Crippen LogP contribution in [0.2, 0.25) is 0 Å². The summed E-state index contributed by atoms with van der Waals surface area (Å²) in [7, 11) is 0. The lowest BCUT2D eigenvalue weighted by Gasteiger charge is -2.03. The van der Waals surface area contributed by atoms with Crippen molar-refractivity contribution in [1.29, 1.82) is 0 Å². The summed E-state index contributed by atoms with van der Waals surface area (Å²) in [6.45, 7) is 5.97. The first-order chi connectivity index (χ1) is 11.0. The van der Waals surface area contributed by atoms with Gasteiger partial charge >= 0.3 is 5.97 Å². The summed E-state index contributed by atoms with van der Waals surface area (Å²) in [6, 6.07) is 9.84. The molecular formula is C17H19NO3S2. The minimum Gasteiger partial charge on any atom is -0.462 e. The number of benzene rings is 1. The molecule has 122 valence electrons. The fourth-order valence-electron chi connectivity index (χ4n) is 1.90. The Balaban J connectivity index is 1.91. The molecule has 1 heterocycles. The first-order valence-corrected chi connectivity index (χ1v) is 9.06. The molecule has 0 saturated heterocycles. The minimum absolute atomic E-state index is 0.0905. The number of hydrogen-bond donors (Lipinski definition) is 1. The van der Waals surface area contributed by atoms with E-state index in [1.165, 1.54) is 28.7 Å². The van der Waals surface area contributed by atoms with Crippen molar-refractivity contribution in [3.63, 3.8) is 0 Å². The quantitative estimate of drug-likeness (QED) is 0.625. The van der Waals surface area contributed by atoms with Crippen molar-refractivity contribution in [2.45, 2.75) is 25.7 Å². The second kappa shape index (κ2) is 8.17. The summed E-state index contributed by atoms with van der Waals surface area (Å²) in [6.07, 6.45) is 0. The number of carbonyl (C=O) groups excluding carboxylic acids is 2. The Kier molecular flexibility index (Phi) is 6.24. The average molecular weight is 349 g/mol. The lowest BCUT2D eigenvalue weighted by Crippen LogP contribution is -2.12. The second-order valence-electron chi connectivity index (χ2n) is 4.99. The summed E-state index contributed by atoms with van der Waals surface area (Å²) in [5.41, 5.74) is 2.01. The molecule has 0 aliphatic carbocycles. The van der Waals surface area contributed by atoms with E-state index in [4.69, 9.17) is 4.74 Å². The zero-order valence-electron chi connectivity index (χ0n) is 13.3. The lowest BCUT2D eigenvalue weighted by atomic mass is 10.2. The number of ether oxygens (including phenoxy) is 1. The summed E-state index contributed by atoms with van der Waals surface area (Å²) >= 11 is 2.73. The van der Waals surface area contributed by atoms with Crippen molar-refractivity contribution in [2.75, 3.05) is 17.7 Å². The lowest BCUT2D eigenvalue weighted by molar-refractivity contribution is -0.113. The van der Waals surface area contributed by atoms with Crippen LogP contribution in [0.15, 0.2) is 35.2 Å². The maximum Gasteiger partial charge on any atom is 0.348 e. The summed E-state index contributed by atoms with van der Waals surface area (Å²) in [5, 5.41) is 3.50. The molecular weight excluding hydrogens is 330 g/mol. The number of hydrogen-bond acceptors (Lipinski definition) is 5. The van der Waals surface area contributed by atoms with Gasteiger partial charge in [0.2, 0.25) is 5.91 Å². The van der Waals surface area contributed by atoms with E-state index in [2.05, 4.69) is 5.32 Å². The smallest absolute Gasteiger partial charge is 0.348 e. The number of thiophene rings is 1. The molecule has 6 heteroatoms. The van der Waals surface area contributed by atoms with Gasteiger partial charge in [0, 0.05) is 4.90 Å². The number of rotatable bonds is 6. The van der Waals surface area contributed by atoms with Crippen LogP contribution in [0.25, 0.3) is 0 Å². The third kappa shape index (κ3) is 5.11. The van der Waals surface area contributed by atoms with Gasteiger partial charge in [-0.05, 0) is 44.5 Å². The maximum absolute atomic E-state index is 12.0. The van der Waals surface area contributed by atoms with Crippen LogP contribution in [0.4, 0.5) is 5.00 Å². The van der Waals surface area contributed by atoms with Gasteiger partial charge in [0.15, 0.2) is 0 Å². The Morgan fingerprint density at radius 1 is 1.22 bits per heavy atom. The van der Waals surface area contributed by atoms with Crippen LogP contribution < -0.4 is 5.32 Å². The van der Waals surface area contributed by atoms with Gasteiger partial charge < -0.3 is 10.1 Å². The van der Waals surface area contributed by atoms with Crippen molar-refractivity contribution in [3.05, 3.63) is 46.3 Å². The van der Waals surface area contributed by atoms with Crippen molar-refractivity contribution in [3.8, 4) is 0 Å². The standard InChI is InChI=1S/C17H19NO3S2/c1-4-21-17(20)16-12(3)9-15(23-16)18-14(19)10-22-13-7-5-11(2)6-8-13/h5-9H,4,10H2,1-3H3,(H,18,19). The van der Waals surface area contributed by atoms with Crippen molar-refractivity contribution < 1.29 is 14.3 Å². The normalized spacial score (nSPS) is 10.4. The van der Waals surface area contributed by atoms with E-state index in [0.717, 1.165) is 10.5 Å². The van der Waals surface area contributed by atoms with Gasteiger partial charge in [0.05, 0.1) is 17.4 Å². The molecule has 2 rings (SSSR count). The molecule has 4 nitrogen and oxygen atoms in total. The average Bonchev–Trinajstić information content (AvgIpc) is 2.87. The van der Waals surface area contributed by atoms with E-state index in [-0.39, 0.29) is 11.9 Å². The number of anilines is 1. The van der Waals surface area contributed by atoms with E-state index in [1.807, 2.05) is 38.1 Å². The van der Waals surface area contributed by atoms with Gasteiger partial charge in [0.1, 0.15) is 4.88 Å². The Morgan fingerprint density at radius 3 is 2.57 bits per heavy atom. The van der Waals surface area contributed by atoms with Crippen LogP contribution in [0.1, 0.15) is 27.7 Å². The number of carbonyl (C=O) groups is 2. The third-order valence-corrected chi connectivity index (χ3v) is 5.18. The van der Waals surface area contributed by atoms with Crippen LogP contribution in [0.5, 0.6) is 0 Å². The first-order valence-electron chi connectivity index (χ1n) is 7.26. The van der Waals surface area contributed by atoms with Crippen LogP contribution >= 0.6 is 23.1 Å². The van der Waals surface area contributed by atoms with Gasteiger partial charge in [-0.1, -0.05) is 17.7 Å². The van der Waals surface area contributed by atoms with E-state index in [9.17, 15) is 9.59 Å². The van der Waals surface area contributed by atoms with Gasteiger partial charge in [-0.25, -0.2) is 4.79 Å². The minimum atomic E-state index is -0.343. The highest BCUT2D eigenvalue weighted by Gasteiger charge is 2.15. The molecule has 23 heavy (non-hydrogen) atoms. The van der Waals surface area contributed by atoms with E-state index >= 15 is 0 Å². The summed E-state index contributed by atoms with van der Waals surface area (Å²) in [5.74, 6) is -0.105. The molecule has 1 N–H and O–H groups in total. The molecule has 1 amide bonds. The van der Waals surface area contributed by atoms with Gasteiger partial charge in [-0.15, -0.1) is 23.1 Å². The monoisotopic (exact) mass is 349 g/mol. The Hall–Kier alpha value is -1.79. The number of aryl methyl sites for hydroxylation is 2. The van der Waals surface area contributed by atoms with E-state index < -0.39 is 0 Å². The molecule has 0 saturated carbocycles. The molecule has 0 spiro atoms. The zero-order valence-corrected chi connectivity index (χ0v) is 15.0. The number of esters is 1. The maximum atomic E-state index is 12.0. The van der Waals surface area contributed by atoms with Crippen molar-refractivity contribution in [1.82, 2.24) is 0 Å². The number of amides is 1. The molecule has 1 aromatic carbocycles.